The zero-order valence-electron chi connectivity index (χ0n) is 9.26. The molecule has 0 saturated heterocycles. The number of thiophene rings is 1. The fraction of sp³-hybridized carbons (Fsp3) is 0. The van der Waals surface area contributed by atoms with Gasteiger partial charge in [0.15, 0.2) is 0 Å². The second kappa shape index (κ2) is 4.52. The van der Waals surface area contributed by atoms with Gasteiger partial charge in [0, 0.05) is 23.3 Å². The molecule has 0 radical (unpaired) electrons. The van der Waals surface area contributed by atoms with E-state index in [9.17, 15) is 4.79 Å². The van der Waals surface area contributed by atoms with Crippen LogP contribution in [0.1, 0.15) is 15.2 Å². The van der Waals surface area contributed by atoms with Crippen LogP contribution in [0, 0.1) is 0 Å². The van der Waals surface area contributed by atoms with Crippen molar-refractivity contribution in [3.05, 3.63) is 63.6 Å². The summed E-state index contributed by atoms with van der Waals surface area (Å²) in [4.78, 5) is 17.1. The second-order valence-electron chi connectivity index (χ2n) is 3.84. The third-order valence-corrected chi connectivity index (χ3v) is 3.94. The third kappa shape index (κ3) is 1.92. The molecule has 0 spiro atoms. The van der Waals surface area contributed by atoms with Crippen molar-refractivity contribution < 1.29 is 4.79 Å². The fourth-order valence-electron chi connectivity index (χ4n) is 1.87. The van der Waals surface area contributed by atoms with E-state index in [1.165, 1.54) is 11.3 Å². The first kappa shape index (κ1) is 11.4. The Kier molecular flexibility index (Phi) is 2.86. The number of ketones is 1. The highest BCUT2D eigenvalue weighted by molar-refractivity contribution is 7.18. The molecular formula is C14H8ClNOS. The highest BCUT2D eigenvalue weighted by Crippen LogP contribution is 2.26. The molecule has 0 atom stereocenters. The van der Waals surface area contributed by atoms with Crippen LogP contribution < -0.4 is 0 Å². The topological polar surface area (TPSA) is 30.0 Å². The van der Waals surface area contributed by atoms with E-state index in [0.29, 0.717) is 14.8 Å². The summed E-state index contributed by atoms with van der Waals surface area (Å²) in [7, 11) is 0. The molecule has 2 nitrogen and oxygen atoms in total. The molecule has 1 aromatic carbocycles. The Morgan fingerprint density at radius 1 is 1.11 bits per heavy atom. The van der Waals surface area contributed by atoms with Crippen LogP contribution in [0.25, 0.3) is 10.8 Å². The van der Waals surface area contributed by atoms with Crippen molar-refractivity contribution in [3.63, 3.8) is 0 Å². The largest absolute Gasteiger partial charge is 0.288 e. The lowest BCUT2D eigenvalue weighted by Crippen LogP contribution is -2.00. The summed E-state index contributed by atoms with van der Waals surface area (Å²) in [6, 6.07) is 11.2. The Morgan fingerprint density at radius 3 is 2.72 bits per heavy atom. The first-order chi connectivity index (χ1) is 8.75. The number of aromatic nitrogens is 1. The quantitative estimate of drug-likeness (QED) is 0.656. The average Bonchev–Trinajstić information content (AvgIpc) is 2.84. The number of halogens is 1. The van der Waals surface area contributed by atoms with E-state index in [-0.39, 0.29) is 5.78 Å². The molecule has 4 heteroatoms. The summed E-state index contributed by atoms with van der Waals surface area (Å²) >= 11 is 7.15. The molecule has 2 aromatic heterocycles. The number of nitrogens with zero attached hydrogens (tertiary/aromatic N) is 1. The Hall–Kier alpha value is -1.71. The molecule has 0 bridgehead atoms. The lowest BCUT2D eigenvalue weighted by atomic mass is 10.0. The van der Waals surface area contributed by atoms with Crippen molar-refractivity contribution in [3.8, 4) is 0 Å². The molecule has 0 unspecified atom stereocenters. The van der Waals surface area contributed by atoms with Gasteiger partial charge in [-0.2, -0.15) is 0 Å². The predicted molar refractivity (Wildman–Crippen MR) is 74.5 cm³/mol. The molecule has 0 saturated carbocycles. The standard InChI is InChI=1S/C14H8ClNOS/c15-13-6-5-12(18-13)14(17)11-8-16-7-9-3-1-2-4-10(9)11/h1-8H. The van der Waals surface area contributed by atoms with Crippen LogP contribution in [-0.4, -0.2) is 10.8 Å². The van der Waals surface area contributed by atoms with E-state index in [0.717, 1.165) is 10.8 Å². The van der Waals surface area contributed by atoms with Crippen molar-refractivity contribution in [2.45, 2.75) is 0 Å². The molecule has 0 fully saturated rings. The van der Waals surface area contributed by atoms with E-state index in [1.807, 2.05) is 24.3 Å². The molecule has 3 rings (SSSR count). The first-order valence-corrected chi connectivity index (χ1v) is 6.58. The number of fused-ring (bicyclic) bond motifs is 1. The number of hydrogen-bond acceptors (Lipinski definition) is 3. The van der Waals surface area contributed by atoms with Gasteiger partial charge in [-0.05, 0) is 17.5 Å². The lowest BCUT2D eigenvalue weighted by Gasteiger charge is -2.03. The normalized spacial score (nSPS) is 10.7. The lowest BCUT2D eigenvalue weighted by molar-refractivity contribution is 0.104. The zero-order chi connectivity index (χ0) is 12.5. The van der Waals surface area contributed by atoms with Gasteiger partial charge < -0.3 is 0 Å². The minimum Gasteiger partial charge on any atom is -0.288 e. The van der Waals surface area contributed by atoms with Gasteiger partial charge in [-0.1, -0.05) is 35.9 Å². The fourth-order valence-corrected chi connectivity index (χ4v) is 2.86. The Balaban J connectivity index is 2.17. The summed E-state index contributed by atoms with van der Waals surface area (Å²) < 4.78 is 0.617. The van der Waals surface area contributed by atoms with Gasteiger partial charge in [0.05, 0.1) is 9.21 Å². The second-order valence-corrected chi connectivity index (χ2v) is 5.56. The summed E-state index contributed by atoms with van der Waals surface area (Å²) in [6.07, 6.45) is 3.37. The smallest absolute Gasteiger partial charge is 0.205 e. The van der Waals surface area contributed by atoms with Crippen LogP contribution in [0.3, 0.4) is 0 Å². The predicted octanol–water partition coefficient (Wildman–Crippen LogP) is 4.18. The van der Waals surface area contributed by atoms with Crippen molar-refractivity contribution in [1.82, 2.24) is 4.98 Å². The number of hydrogen-bond donors (Lipinski definition) is 0. The number of rotatable bonds is 2. The van der Waals surface area contributed by atoms with Crippen LogP contribution >= 0.6 is 22.9 Å². The van der Waals surface area contributed by atoms with E-state index in [1.54, 1.807) is 24.5 Å². The Labute approximate surface area is 113 Å². The van der Waals surface area contributed by atoms with E-state index in [4.69, 9.17) is 11.6 Å². The number of benzene rings is 1. The maximum Gasteiger partial charge on any atom is 0.205 e. The van der Waals surface area contributed by atoms with E-state index >= 15 is 0 Å². The number of carbonyl (C=O) groups excluding carboxylic acids is 1. The first-order valence-electron chi connectivity index (χ1n) is 5.38. The van der Waals surface area contributed by atoms with Gasteiger partial charge in [-0.3, -0.25) is 9.78 Å². The monoisotopic (exact) mass is 273 g/mol. The molecule has 3 aromatic rings. The Morgan fingerprint density at radius 2 is 1.94 bits per heavy atom. The average molecular weight is 274 g/mol. The molecule has 2 heterocycles. The van der Waals surface area contributed by atoms with Gasteiger partial charge in [-0.15, -0.1) is 11.3 Å². The molecule has 0 amide bonds. The number of pyridine rings is 1. The molecule has 0 aliphatic carbocycles. The van der Waals surface area contributed by atoms with E-state index < -0.39 is 0 Å². The molecule has 0 aliphatic rings. The highest BCUT2D eigenvalue weighted by Gasteiger charge is 2.14. The van der Waals surface area contributed by atoms with Crippen molar-refractivity contribution >= 4 is 39.5 Å². The van der Waals surface area contributed by atoms with Crippen LogP contribution in [0.4, 0.5) is 0 Å². The maximum absolute atomic E-state index is 12.4. The maximum atomic E-state index is 12.4. The van der Waals surface area contributed by atoms with Gasteiger partial charge in [0.2, 0.25) is 5.78 Å². The van der Waals surface area contributed by atoms with Crippen LogP contribution in [0.15, 0.2) is 48.8 Å². The summed E-state index contributed by atoms with van der Waals surface area (Å²) in [5.74, 6) is -0.0313. The minimum absolute atomic E-state index is 0.0313. The molecule has 0 N–H and O–H groups in total. The number of carbonyl (C=O) groups is 1. The molecule has 0 aliphatic heterocycles. The zero-order valence-corrected chi connectivity index (χ0v) is 10.8. The van der Waals surface area contributed by atoms with Gasteiger partial charge in [0.25, 0.3) is 0 Å². The summed E-state index contributed by atoms with van der Waals surface area (Å²) in [5, 5.41) is 1.88. The van der Waals surface area contributed by atoms with Gasteiger partial charge >= 0.3 is 0 Å². The van der Waals surface area contributed by atoms with Crippen LogP contribution in [0.2, 0.25) is 4.34 Å². The summed E-state index contributed by atoms with van der Waals surface area (Å²) in [6.45, 7) is 0. The van der Waals surface area contributed by atoms with Crippen molar-refractivity contribution in [2.24, 2.45) is 0 Å². The highest BCUT2D eigenvalue weighted by atomic mass is 35.5. The van der Waals surface area contributed by atoms with Crippen molar-refractivity contribution in [1.29, 1.82) is 0 Å². The third-order valence-electron chi connectivity index (χ3n) is 2.71. The molecule has 18 heavy (non-hydrogen) atoms. The molecular weight excluding hydrogens is 266 g/mol. The van der Waals surface area contributed by atoms with Gasteiger partial charge in [-0.25, -0.2) is 0 Å². The van der Waals surface area contributed by atoms with Crippen LogP contribution in [-0.2, 0) is 0 Å². The van der Waals surface area contributed by atoms with Gasteiger partial charge in [0.1, 0.15) is 0 Å². The Bertz CT molecular complexity index is 730. The SMILES string of the molecule is O=C(c1ccc(Cl)s1)c1cncc2ccccc12. The summed E-state index contributed by atoms with van der Waals surface area (Å²) in [5.41, 5.74) is 0.617. The molecule has 88 valence electrons. The van der Waals surface area contributed by atoms with Crippen molar-refractivity contribution in [2.75, 3.05) is 0 Å². The van der Waals surface area contributed by atoms with E-state index in [2.05, 4.69) is 4.98 Å². The minimum atomic E-state index is -0.0313. The van der Waals surface area contributed by atoms with Crippen LogP contribution in [0.5, 0.6) is 0 Å².